The molecule has 0 aliphatic heterocycles. The van der Waals surface area contributed by atoms with Gasteiger partial charge in [0, 0.05) is 6.04 Å². The van der Waals surface area contributed by atoms with Crippen LogP contribution < -0.4 is 4.74 Å². The van der Waals surface area contributed by atoms with E-state index in [4.69, 9.17) is 4.74 Å². The lowest BCUT2D eigenvalue weighted by atomic mass is 9.86. The summed E-state index contributed by atoms with van der Waals surface area (Å²) in [6.45, 7) is 2.78. The second-order valence-electron chi connectivity index (χ2n) is 5.96. The first-order valence-corrected chi connectivity index (χ1v) is 7.48. The number of ether oxygens (including phenoxy) is 1. The molecular weight excluding hydrogens is 250 g/mol. The van der Waals surface area contributed by atoms with Gasteiger partial charge in [-0.1, -0.05) is 31.9 Å². The minimum atomic E-state index is 0.142. The van der Waals surface area contributed by atoms with Crippen molar-refractivity contribution in [3.05, 3.63) is 29.8 Å². The Balaban J connectivity index is 2.00. The second kappa shape index (κ2) is 6.89. The lowest BCUT2D eigenvalue weighted by Crippen LogP contribution is -2.38. The highest BCUT2D eigenvalue weighted by atomic mass is 16.5. The summed E-state index contributed by atoms with van der Waals surface area (Å²) >= 11 is 0. The number of carbonyl (C=O) groups excluding carboxylic acids is 1. The van der Waals surface area contributed by atoms with Gasteiger partial charge in [0.2, 0.25) is 0 Å². The highest BCUT2D eigenvalue weighted by molar-refractivity contribution is 6.00. The summed E-state index contributed by atoms with van der Waals surface area (Å²) in [6, 6.07) is 8.01. The molecule has 1 saturated carbocycles. The zero-order chi connectivity index (χ0) is 14.5. The van der Waals surface area contributed by atoms with Gasteiger partial charge in [-0.05, 0) is 37.9 Å². The van der Waals surface area contributed by atoms with E-state index in [1.807, 2.05) is 24.3 Å². The molecular formula is C17H25NO2. The Morgan fingerprint density at radius 2 is 2.10 bits per heavy atom. The first-order chi connectivity index (χ1) is 9.61. The van der Waals surface area contributed by atoms with Gasteiger partial charge < -0.3 is 4.74 Å². The molecule has 0 heterocycles. The third-order valence-electron chi connectivity index (χ3n) is 4.33. The van der Waals surface area contributed by atoms with E-state index in [2.05, 4.69) is 18.9 Å². The molecule has 1 aromatic rings. The van der Waals surface area contributed by atoms with Crippen LogP contribution in [0.5, 0.6) is 5.75 Å². The van der Waals surface area contributed by atoms with Crippen LogP contribution >= 0.6 is 0 Å². The predicted molar refractivity (Wildman–Crippen MR) is 81.4 cm³/mol. The minimum Gasteiger partial charge on any atom is -0.496 e. The number of Topliss-reactive ketones (excluding diaryl/α,β-unsaturated/α-hetero) is 1. The van der Waals surface area contributed by atoms with Gasteiger partial charge in [0.05, 0.1) is 19.2 Å². The molecule has 110 valence electrons. The third kappa shape index (κ3) is 3.60. The van der Waals surface area contributed by atoms with E-state index in [-0.39, 0.29) is 5.78 Å². The van der Waals surface area contributed by atoms with Gasteiger partial charge in [0.25, 0.3) is 0 Å². The van der Waals surface area contributed by atoms with Crippen LogP contribution in [0.1, 0.15) is 43.0 Å². The number of methoxy groups -OCH3 is 1. The number of likely N-dealkylation sites (N-methyl/N-ethyl adjacent to an activating group) is 1. The fraction of sp³-hybridized carbons (Fsp3) is 0.588. The van der Waals surface area contributed by atoms with Crippen LogP contribution in [0, 0.1) is 5.92 Å². The maximum Gasteiger partial charge on any atom is 0.180 e. The zero-order valence-corrected chi connectivity index (χ0v) is 12.8. The van der Waals surface area contributed by atoms with Crippen LogP contribution in [-0.2, 0) is 0 Å². The summed E-state index contributed by atoms with van der Waals surface area (Å²) in [6.07, 6.45) is 5.01. The molecule has 1 aliphatic carbocycles. The van der Waals surface area contributed by atoms with Gasteiger partial charge in [-0.2, -0.15) is 0 Å². The third-order valence-corrected chi connectivity index (χ3v) is 4.33. The molecule has 0 radical (unpaired) electrons. The molecule has 1 aromatic carbocycles. The fourth-order valence-corrected chi connectivity index (χ4v) is 3.12. The van der Waals surface area contributed by atoms with Crippen molar-refractivity contribution < 1.29 is 9.53 Å². The first kappa shape index (κ1) is 15.0. The Morgan fingerprint density at radius 3 is 2.80 bits per heavy atom. The molecule has 1 aliphatic rings. The van der Waals surface area contributed by atoms with Crippen LogP contribution in [0.25, 0.3) is 0 Å². The first-order valence-electron chi connectivity index (χ1n) is 7.48. The summed E-state index contributed by atoms with van der Waals surface area (Å²) in [5, 5.41) is 0. The summed E-state index contributed by atoms with van der Waals surface area (Å²) in [4.78, 5) is 14.7. The lowest BCUT2D eigenvalue weighted by Gasteiger charge is -2.33. The van der Waals surface area contributed by atoms with Crippen molar-refractivity contribution in [1.82, 2.24) is 4.90 Å². The summed E-state index contributed by atoms with van der Waals surface area (Å²) in [5.74, 6) is 1.59. The van der Waals surface area contributed by atoms with Gasteiger partial charge in [-0.15, -0.1) is 0 Å². The van der Waals surface area contributed by atoms with Crippen molar-refractivity contribution >= 4 is 5.78 Å². The van der Waals surface area contributed by atoms with Gasteiger partial charge in [0.15, 0.2) is 5.78 Å². The monoisotopic (exact) mass is 275 g/mol. The standard InChI is InChI=1S/C17H25NO2/c1-13-7-6-8-14(11-13)18(2)12-16(19)15-9-4-5-10-17(15)20-3/h4-5,9-10,13-14H,6-8,11-12H2,1-3H3. The maximum absolute atomic E-state index is 12.4. The van der Waals surface area contributed by atoms with Crippen LogP contribution in [0.3, 0.4) is 0 Å². The molecule has 0 bridgehead atoms. The number of rotatable bonds is 5. The molecule has 20 heavy (non-hydrogen) atoms. The molecule has 1 fully saturated rings. The molecule has 3 heteroatoms. The molecule has 2 unspecified atom stereocenters. The number of ketones is 1. The molecule has 0 N–H and O–H groups in total. The molecule has 2 rings (SSSR count). The Labute approximate surface area is 121 Å². The molecule has 2 atom stereocenters. The summed E-state index contributed by atoms with van der Waals surface area (Å²) < 4.78 is 5.27. The smallest absolute Gasteiger partial charge is 0.180 e. The number of benzene rings is 1. The number of hydrogen-bond donors (Lipinski definition) is 0. The van der Waals surface area contributed by atoms with Crippen molar-refractivity contribution in [2.24, 2.45) is 5.92 Å². The number of hydrogen-bond acceptors (Lipinski definition) is 3. The van der Waals surface area contributed by atoms with Gasteiger partial charge in [-0.25, -0.2) is 0 Å². The number of carbonyl (C=O) groups is 1. The molecule has 0 amide bonds. The zero-order valence-electron chi connectivity index (χ0n) is 12.8. The van der Waals surface area contributed by atoms with E-state index in [9.17, 15) is 4.79 Å². The highest BCUT2D eigenvalue weighted by Crippen LogP contribution is 2.27. The van der Waals surface area contributed by atoms with E-state index < -0.39 is 0 Å². The average molecular weight is 275 g/mol. The number of nitrogens with zero attached hydrogens (tertiary/aromatic N) is 1. The minimum absolute atomic E-state index is 0.142. The Hall–Kier alpha value is -1.35. The lowest BCUT2D eigenvalue weighted by molar-refractivity contribution is 0.0879. The Morgan fingerprint density at radius 1 is 1.35 bits per heavy atom. The van der Waals surface area contributed by atoms with Crippen molar-refractivity contribution in [3.63, 3.8) is 0 Å². The van der Waals surface area contributed by atoms with E-state index in [0.717, 1.165) is 5.92 Å². The molecule has 0 aromatic heterocycles. The van der Waals surface area contributed by atoms with Crippen molar-refractivity contribution in [2.45, 2.75) is 38.6 Å². The molecule has 0 saturated heterocycles. The highest BCUT2D eigenvalue weighted by Gasteiger charge is 2.24. The quantitative estimate of drug-likeness (QED) is 0.771. The van der Waals surface area contributed by atoms with E-state index in [1.54, 1.807) is 7.11 Å². The second-order valence-corrected chi connectivity index (χ2v) is 5.96. The maximum atomic E-state index is 12.4. The van der Waals surface area contributed by atoms with Crippen LogP contribution in [-0.4, -0.2) is 37.4 Å². The largest absolute Gasteiger partial charge is 0.496 e. The average Bonchev–Trinajstić information content (AvgIpc) is 2.47. The SMILES string of the molecule is COc1ccccc1C(=O)CN(C)C1CCCC(C)C1. The molecule has 0 spiro atoms. The van der Waals surface area contributed by atoms with Crippen molar-refractivity contribution in [3.8, 4) is 5.75 Å². The van der Waals surface area contributed by atoms with Gasteiger partial charge >= 0.3 is 0 Å². The van der Waals surface area contributed by atoms with Crippen LogP contribution in [0.4, 0.5) is 0 Å². The summed E-state index contributed by atoms with van der Waals surface area (Å²) in [5.41, 5.74) is 0.686. The van der Waals surface area contributed by atoms with E-state index in [0.29, 0.717) is 23.9 Å². The van der Waals surface area contributed by atoms with E-state index >= 15 is 0 Å². The van der Waals surface area contributed by atoms with E-state index in [1.165, 1.54) is 25.7 Å². The fourth-order valence-electron chi connectivity index (χ4n) is 3.12. The number of para-hydroxylation sites is 1. The van der Waals surface area contributed by atoms with Crippen LogP contribution in [0.2, 0.25) is 0 Å². The van der Waals surface area contributed by atoms with Crippen LogP contribution in [0.15, 0.2) is 24.3 Å². The topological polar surface area (TPSA) is 29.5 Å². The molecule has 3 nitrogen and oxygen atoms in total. The normalized spacial score (nSPS) is 22.8. The van der Waals surface area contributed by atoms with Gasteiger partial charge in [-0.3, -0.25) is 9.69 Å². The van der Waals surface area contributed by atoms with Gasteiger partial charge in [0.1, 0.15) is 5.75 Å². The van der Waals surface area contributed by atoms with Crippen molar-refractivity contribution in [2.75, 3.05) is 20.7 Å². The summed E-state index contributed by atoms with van der Waals surface area (Å²) in [7, 11) is 3.68. The Bertz CT molecular complexity index is 458. The predicted octanol–water partition coefficient (Wildman–Crippen LogP) is 3.39. The van der Waals surface area contributed by atoms with Crippen molar-refractivity contribution in [1.29, 1.82) is 0 Å². The Kier molecular flexibility index (Phi) is 5.18.